The number of halogens is 3. The quantitative estimate of drug-likeness (QED) is 0.871. The van der Waals surface area contributed by atoms with E-state index in [1.807, 2.05) is 24.3 Å². The first kappa shape index (κ1) is 15.6. The zero-order chi connectivity index (χ0) is 16.4. The van der Waals surface area contributed by atoms with E-state index in [2.05, 4.69) is 4.98 Å². The lowest BCUT2D eigenvalue weighted by Crippen LogP contribution is -2.35. The zero-order valence-corrected chi connectivity index (χ0v) is 12.2. The van der Waals surface area contributed by atoms with Crippen LogP contribution in [0.15, 0.2) is 36.5 Å². The summed E-state index contributed by atoms with van der Waals surface area (Å²) in [6, 6.07) is 8.94. The predicted molar refractivity (Wildman–Crippen MR) is 78.0 cm³/mol. The van der Waals surface area contributed by atoms with Gasteiger partial charge in [-0.1, -0.05) is 12.1 Å². The highest BCUT2D eigenvalue weighted by Gasteiger charge is 2.44. The number of carbonyl (C=O) groups excluding carboxylic acids is 1. The molecule has 23 heavy (non-hydrogen) atoms. The van der Waals surface area contributed by atoms with Crippen molar-refractivity contribution in [3.8, 4) is 5.75 Å². The van der Waals surface area contributed by atoms with Crippen LogP contribution in [0.3, 0.4) is 0 Å². The highest BCUT2D eigenvalue weighted by Crippen LogP contribution is 2.33. The number of para-hydroxylation sites is 1. The van der Waals surface area contributed by atoms with E-state index in [-0.39, 0.29) is 26.1 Å². The third-order valence-electron chi connectivity index (χ3n) is 3.96. The van der Waals surface area contributed by atoms with Crippen molar-refractivity contribution in [2.45, 2.75) is 12.6 Å². The molecule has 1 aliphatic rings. The first-order valence-electron chi connectivity index (χ1n) is 7.26. The van der Waals surface area contributed by atoms with Crippen LogP contribution in [-0.2, 0) is 4.79 Å². The van der Waals surface area contributed by atoms with E-state index in [0.717, 1.165) is 10.9 Å². The van der Waals surface area contributed by atoms with Gasteiger partial charge in [0.25, 0.3) is 5.91 Å². The van der Waals surface area contributed by atoms with Crippen molar-refractivity contribution in [3.05, 3.63) is 36.5 Å². The van der Waals surface area contributed by atoms with Gasteiger partial charge >= 0.3 is 6.18 Å². The molecule has 2 aromatic rings. The molecule has 1 aliphatic heterocycles. The molecule has 1 unspecified atom stereocenters. The number of nitrogens with zero attached hydrogens (tertiary/aromatic N) is 2. The summed E-state index contributed by atoms with van der Waals surface area (Å²) in [6.07, 6.45) is -2.73. The number of ether oxygens (including phenoxy) is 1. The Labute approximate surface area is 130 Å². The molecule has 2 heterocycles. The maximum absolute atomic E-state index is 12.6. The van der Waals surface area contributed by atoms with Gasteiger partial charge in [-0.25, -0.2) is 0 Å². The standard InChI is InChI=1S/C16H15F3N2O2/c17-16(18,19)11-6-8-21(9-11)15(22)10-23-14-5-7-20-13-4-2-1-3-12(13)14/h1-5,7,11H,6,8-10H2. The van der Waals surface area contributed by atoms with Crippen molar-refractivity contribution in [1.82, 2.24) is 9.88 Å². The second kappa shape index (κ2) is 6.06. The van der Waals surface area contributed by atoms with Gasteiger partial charge in [-0.2, -0.15) is 13.2 Å². The largest absolute Gasteiger partial charge is 0.483 e. The number of carbonyl (C=O) groups is 1. The summed E-state index contributed by atoms with van der Waals surface area (Å²) in [4.78, 5) is 17.4. The van der Waals surface area contributed by atoms with Gasteiger partial charge in [-0.05, 0) is 24.6 Å². The predicted octanol–water partition coefficient (Wildman–Crippen LogP) is 3.02. The fourth-order valence-corrected chi connectivity index (χ4v) is 2.68. The Hall–Kier alpha value is -2.31. The van der Waals surface area contributed by atoms with Gasteiger partial charge in [-0.3, -0.25) is 9.78 Å². The highest BCUT2D eigenvalue weighted by molar-refractivity contribution is 5.85. The Morgan fingerprint density at radius 2 is 2.09 bits per heavy atom. The average molecular weight is 324 g/mol. The number of amides is 1. The van der Waals surface area contributed by atoms with Crippen molar-refractivity contribution in [1.29, 1.82) is 0 Å². The van der Waals surface area contributed by atoms with Gasteiger partial charge in [0, 0.05) is 24.7 Å². The smallest absolute Gasteiger partial charge is 0.393 e. The molecule has 4 nitrogen and oxygen atoms in total. The number of fused-ring (bicyclic) bond motifs is 1. The number of rotatable bonds is 3. The first-order chi connectivity index (χ1) is 10.9. The molecule has 1 aromatic carbocycles. The van der Waals surface area contributed by atoms with Crippen LogP contribution in [0.4, 0.5) is 13.2 Å². The number of hydrogen-bond donors (Lipinski definition) is 0. The molecule has 122 valence electrons. The van der Waals surface area contributed by atoms with Crippen LogP contribution < -0.4 is 4.74 Å². The van der Waals surface area contributed by atoms with E-state index in [4.69, 9.17) is 4.74 Å². The molecule has 0 saturated carbocycles. The van der Waals surface area contributed by atoms with Gasteiger partial charge < -0.3 is 9.64 Å². The van der Waals surface area contributed by atoms with Crippen LogP contribution in [-0.4, -0.2) is 41.7 Å². The summed E-state index contributed by atoms with van der Waals surface area (Å²) >= 11 is 0. The lowest BCUT2D eigenvalue weighted by Gasteiger charge is -2.18. The molecule has 0 N–H and O–H groups in total. The molecule has 1 atom stereocenters. The van der Waals surface area contributed by atoms with Crippen LogP contribution in [0.2, 0.25) is 0 Å². The molecule has 1 amide bonds. The summed E-state index contributed by atoms with van der Waals surface area (Å²) in [6.45, 7) is -0.454. The number of benzene rings is 1. The Balaban J connectivity index is 1.63. The van der Waals surface area contributed by atoms with E-state index < -0.39 is 18.0 Å². The average Bonchev–Trinajstić information content (AvgIpc) is 3.03. The van der Waals surface area contributed by atoms with Crippen LogP contribution in [0, 0.1) is 5.92 Å². The normalized spacial score (nSPS) is 18.4. The van der Waals surface area contributed by atoms with Gasteiger partial charge in [0.05, 0.1) is 11.4 Å². The van der Waals surface area contributed by atoms with Crippen molar-refractivity contribution < 1.29 is 22.7 Å². The monoisotopic (exact) mass is 324 g/mol. The van der Waals surface area contributed by atoms with Crippen LogP contribution >= 0.6 is 0 Å². The fraction of sp³-hybridized carbons (Fsp3) is 0.375. The van der Waals surface area contributed by atoms with Crippen molar-refractivity contribution in [2.24, 2.45) is 5.92 Å². The topological polar surface area (TPSA) is 42.4 Å². The molecule has 0 aliphatic carbocycles. The van der Waals surface area contributed by atoms with E-state index in [1.165, 1.54) is 4.90 Å². The molecule has 1 aromatic heterocycles. The molecule has 0 bridgehead atoms. The first-order valence-corrected chi connectivity index (χ1v) is 7.26. The lowest BCUT2D eigenvalue weighted by atomic mass is 10.1. The Kier molecular flexibility index (Phi) is 4.11. The van der Waals surface area contributed by atoms with Crippen LogP contribution in [0.1, 0.15) is 6.42 Å². The van der Waals surface area contributed by atoms with Gasteiger partial charge in [0.1, 0.15) is 5.75 Å². The molecule has 7 heteroatoms. The summed E-state index contributed by atoms with van der Waals surface area (Å²) in [7, 11) is 0. The van der Waals surface area contributed by atoms with Crippen molar-refractivity contribution in [3.63, 3.8) is 0 Å². The number of hydrogen-bond acceptors (Lipinski definition) is 3. The summed E-state index contributed by atoms with van der Waals surface area (Å²) < 4.78 is 43.4. The third kappa shape index (κ3) is 3.38. The minimum Gasteiger partial charge on any atom is -0.483 e. The van der Waals surface area contributed by atoms with Gasteiger partial charge in [-0.15, -0.1) is 0 Å². The molecular weight excluding hydrogens is 309 g/mol. The fourth-order valence-electron chi connectivity index (χ4n) is 2.68. The summed E-state index contributed by atoms with van der Waals surface area (Å²) in [5.41, 5.74) is 0.732. The molecule has 3 rings (SSSR count). The van der Waals surface area contributed by atoms with Crippen LogP contribution in [0.5, 0.6) is 5.75 Å². The molecule has 0 radical (unpaired) electrons. The Bertz CT molecular complexity index is 713. The van der Waals surface area contributed by atoms with E-state index in [9.17, 15) is 18.0 Å². The van der Waals surface area contributed by atoms with E-state index in [0.29, 0.717) is 5.75 Å². The van der Waals surface area contributed by atoms with E-state index >= 15 is 0 Å². The summed E-state index contributed by atoms with van der Waals surface area (Å²) in [5, 5.41) is 0.761. The maximum Gasteiger partial charge on any atom is 0.393 e. The Morgan fingerprint density at radius 3 is 2.83 bits per heavy atom. The minimum atomic E-state index is -4.25. The highest BCUT2D eigenvalue weighted by atomic mass is 19.4. The Morgan fingerprint density at radius 1 is 1.30 bits per heavy atom. The third-order valence-corrected chi connectivity index (χ3v) is 3.96. The van der Waals surface area contributed by atoms with Crippen molar-refractivity contribution >= 4 is 16.8 Å². The second-order valence-electron chi connectivity index (χ2n) is 5.48. The number of alkyl halides is 3. The molecule has 0 spiro atoms. The number of likely N-dealkylation sites (tertiary alicyclic amines) is 1. The number of pyridine rings is 1. The molecule has 1 saturated heterocycles. The lowest BCUT2D eigenvalue weighted by molar-refractivity contribution is -0.171. The number of aromatic nitrogens is 1. The molecular formula is C16H15F3N2O2. The van der Waals surface area contributed by atoms with E-state index in [1.54, 1.807) is 12.3 Å². The van der Waals surface area contributed by atoms with Crippen molar-refractivity contribution in [2.75, 3.05) is 19.7 Å². The SMILES string of the molecule is O=C(COc1ccnc2ccccc12)N1CCC(C(F)(F)F)C1. The van der Waals surface area contributed by atoms with Gasteiger partial charge in [0.2, 0.25) is 0 Å². The van der Waals surface area contributed by atoms with Crippen LogP contribution in [0.25, 0.3) is 10.9 Å². The zero-order valence-electron chi connectivity index (χ0n) is 12.2. The minimum absolute atomic E-state index is 0.0482. The second-order valence-corrected chi connectivity index (χ2v) is 5.48. The van der Waals surface area contributed by atoms with Gasteiger partial charge in [0.15, 0.2) is 6.61 Å². The molecule has 1 fully saturated rings. The summed E-state index contributed by atoms with van der Waals surface area (Å²) in [5.74, 6) is -1.37. The maximum atomic E-state index is 12.6.